The summed E-state index contributed by atoms with van der Waals surface area (Å²) < 4.78 is 36.7. The van der Waals surface area contributed by atoms with Gasteiger partial charge >= 0.3 is 0 Å². The normalized spacial score (nSPS) is 14.2. The van der Waals surface area contributed by atoms with Gasteiger partial charge in [0, 0.05) is 54.2 Å². The number of rotatable bonds is 18. The standard InChI is InChI=1S/2C20H19FN4O.2C18H25N3O.C17H23N3O2/c1-20(2,3)12-18(26)24-19-23-16-10-7-14(22-4)11-17(16)25(19)15-8-5-13(21)6-9-15;1-12(2)13(3)19(26)24-20-23-17-10-7-15(22-4)11-18(17)25(20)16-8-5-14(21)6-9-16;1-12-8-9-14-15(10-12)21(13-6-5-7-13)17(19-14)20-16(22)11-18(2,3)4;1-11(2)13(4)17(22)20-18-19-15-9-8-12(3)10-16(15)21(18)14-6-5-7-14;1-11-7-8-13-14(9-11)20(12-5-4-6-12)16(18-13)19-15(21)10-17(2,3)22/h5-11H,12H2,1-3H3,(H,23,24,26);5-13H,1-3H3,(H,23,24,26);8-10,13H,5-7,11H2,1-4H3,(H,19,20,22);8-11,13-14H,5-7H2,1-4H3,(H,19,20,22);7-9,12,22H,4-6,10H2,1-3H3,(H,18,19,21)/t;13-;;13-;/m.0.0./s1. The van der Waals surface area contributed by atoms with Crippen molar-refractivity contribution in [2.75, 3.05) is 26.6 Å². The molecule has 5 amide bonds. The van der Waals surface area contributed by atoms with Crippen LogP contribution in [-0.4, -0.2) is 88.0 Å². The van der Waals surface area contributed by atoms with Crippen LogP contribution in [0.25, 0.3) is 76.2 Å². The molecule has 3 aliphatic carbocycles. The summed E-state index contributed by atoms with van der Waals surface area (Å²) in [6.45, 7) is 48.1. The number of amides is 5. The number of anilines is 5. The molecule has 2 atom stereocenters. The monoisotopic (exact) mass is 1600 g/mol. The highest BCUT2D eigenvalue weighted by atomic mass is 19.1. The molecule has 6 N–H and O–H groups in total. The van der Waals surface area contributed by atoms with E-state index in [2.05, 4.69) is 161 Å². The molecule has 5 heterocycles. The molecule has 5 aromatic heterocycles. The van der Waals surface area contributed by atoms with Crippen LogP contribution in [0.1, 0.15) is 209 Å². The molecule has 0 unspecified atom stereocenters. The first-order valence-corrected chi connectivity index (χ1v) is 40.8. The molecule has 0 aliphatic heterocycles. The van der Waals surface area contributed by atoms with Crippen molar-refractivity contribution in [2.45, 2.75) is 218 Å². The minimum Gasteiger partial charge on any atom is -0.390 e. The molecule has 618 valence electrons. The Kier molecular flexibility index (Phi) is 27.0. The second-order valence-corrected chi connectivity index (χ2v) is 35.4. The van der Waals surface area contributed by atoms with E-state index in [0.717, 1.165) is 45.9 Å². The van der Waals surface area contributed by atoms with E-state index in [1.165, 1.54) is 85.9 Å². The molecule has 0 bridgehead atoms. The maximum Gasteiger partial charge on any atom is 0.229 e. The van der Waals surface area contributed by atoms with Gasteiger partial charge in [-0.3, -0.25) is 59.7 Å². The summed E-state index contributed by atoms with van der Waals surface area (Å²) in [5.41, 5.74) is 13.5. The van der Waals surface area contributed by atoms with Gasteiger partial charge in [0.15, 0.2) is 11.4 Å². The maximum atomic E-state index is 13.3. The fourth-order valence-electron chi connectivity index (χ4n) is 14.0. The number of halogens is 2. The summed E-state index contributed by atoms with van der Waals surface area (Å²) >= 11 is 0. The Hall–Kier alpha value is -12.0. The van der Waals surface area contributed by atoms with Crippen molar-refractivity contribution in [1.29, 1.82) is 0 Å². The van der Waals surface area contributed by atoms with E-state index in [9.17, 15) is 37.9 Å². The van der Waals surface area contributed by atoms with Gasteiger partial charge in [-0.2, -0.15) is 0 Å². The summed E-state index contributed by atoms with van der Waals surface area (Å²) in [5.74, 6) is 1.93. The highest BCUT2D eigenvalue weighted by Gasteiger charge is 2.32. The molecule has 25 heteroatoms. The zero-order valence-corrected chi connectivity index (χ0v) is 70.9. The number of benzene rings is 7. The van der Waals surface area contributed by atoms with Gasteiger partial charge in [-0.1, -0.05) is 113 Å². The molecule has 15 rings (SSSR count). The van der Waals surface area contributed by atoms with Crippen LogP contribution in [0.15, 0.2) is 140 Å². The number of fused-ring (bicyclic) bond motifs is 5. The summed E-state index contributed by atoms with van der Waals surface area (Å²) in [5, 5.41) is 24.5. The van der Waals surface area contributed by atoms with Crippen LogP contribution < -0.4 is 26.6 Å². The lowest BCUT2D eigenvalue weighted by Gasteiger charge is -2.29. The van der Waals surface area contributed by atoms with Gasteiger partial charge in [0.05, 0.1) is 80.3 Å². The third-order valence-corrected chi connectivity index (χ3v) is 21.6. The van der Waals surface area contributed by atoms with E-state index < -0.39 is 5.60 Å². The third kappa shape index (κ3) is 21.6. The van der Waals surface area contributed by atoms with Crippen LogP contribution in [0.4, 0.5) is 49.9 Å². The molecule has 3 aliphatic rings. The number of imidazole rings is 5. The van der Waals surface area contributed by atoms with E-state index in [1.807, 2.05) is 72.7 Å². The summed E-state index contributed by atoms with van der Waals surface area (Å²) in [6, 6.07) is 42.1. The van der Waals surface area contributed by atoms with Crippen molar-refractivity contribution in [3.8, 4) is 11.4 Å². The van der Waals surface area contributed by atoms with E-state index >= 15 is 0 Å². The number of hydrogen-bond donors (Lipinski definition) is 6. The van der Waals surface area contributed by atoms with Crippen LogP contribution in [0.3, 0.4) is 0 Å². The fraction of sp³-hybridized carbons (Fsp3) is 0.419. The first kappa shape index (κ1) is 86.9. The molecule has 0 radical (unpaired) electrons. The zero-order chi connectivity index (χ0) is 85.4. The number of carbonyl (C=O) groups is 5. The Labute approximate surface area is 689 Å². The molecule has 12 aromatic rings. The Balaban J connectivity index is 0.000000145. The lowest BCUT2D eigenvalue weighted by atomic mass is 9.92. The predicted octanol–water partition coefficient (Wildman–Crippen LogP) is 22.0. The maximum absolute atomic E-state index is 13.3. The second kappa shape index (κ2) is 36.7. The predicted molar refractivity (Wildman–Crippen MR) is 467 cm³/mol. The molecule has 7 aromatic carbocycles. The third-order valence-electron chi connectivity index (χ3n) is 21.6. The SMILES string of the molecule is Cc1ccc2nc(NC(=O)CC(C)(C)C)n(C3CCC3)c2c1.Cc1ccc2nc(NC(=O)CC(C)(C)O)n(C3CCC3)c2c1.Cc1ccc2nc(NC(=O)[C@@H](C)C(C)C)n(C3CCC3)c2c1.[C-]#[N+]c1ccc2nc(NC(=O)CC(C)(C)C)n(-c3ccc(F)cc3)c2c1.[C-]#[N+]c1ccc2nc(NC(=O)[C@@H](C)C(C)C)n(-c3ccc(F)cc3)c2c1. The molecule has 0 saturated heterocycles. The van der Waals surface area contributed by atoms with Crippen molar-refractivity contribution >= 4 is 126 Å². The molecule has 0 spiro atoms. The Bertz CT molecular complexity index is 5620. The number of carbonyl (C=O) groups excluding carboxylic acids is 5. The highest BCUT2D eigenvalue weighted by molar-refractivity contribution is 5.97. The van der Waals surface area contributed by atoms with Gasteiger partial charge in [-0.25, -0.2) is 43.4 Å². The van der Waals surface area contributed by atoms with Crippen LogP contribution in [0, 0.1) is 80.1 Å². The number of aliphatic hydroxyl groups is 1. The molecule has 118 heavy (non-hydrogen) atoms. The summed E-state index contributed by atoms with van der Waals surface area (Å²) in [7, 11) is 0. The van der Waals surface area contributed by atoms with Gasteiger partial charge < -0.3 is 18.8 Å². The lowest BCUT2D eigenvalue weighted by Crippen LogP contribution is -2.29. The average Bonchev–Trinajstić information content (AvgIpc) is 1.65. The van der Waals surface area contributed by atoms with Gasteiger partial charge in [0.25, 0.3) is 0 Å². The van der Waals surface area contributed by atoms with Crippen LogP contribution in [-0.2, 0) is 24.0 Å². The Morgan fingerprint density at radius 1 is 0.407 bits per heavy atom. The number of nitrogens with zero attached hydrogens (tertiary/aromatic N) is 12. The molecular formula is C93H111F2N17O6. The quantitative estimate of drug-likeness (QED) is 0.0440. The fourth-order valence-corrected chi connectivity index (χ4v) is 14.0. The first-order valence-electron chi connectivity index (χ1n) is 40.8. The summed E-state index contributed by atoms with van der Waals surface area (Å²) in [6.07, 6.45) is 11.5. The van der Waals surface area contributed by atoms with E-state index in [4.69, 9.17) is 13.1 Å². The van der Waals surface area contributed by atoms with Crippen molar-refractivity contribution in [3.63, 3.8) is 0 Å². The van der Waals surface area contributed by atoms with Gasteiger partial charge in [-0.05, 0) is 241 Å². The second-order valence-electron chi connectivity index (χ2n) is 35.4. The van der Waals surface area contributed by atoms with Crippen molar-refractivity contribution in [2.24, 2.45) is 34.5 Å². The number of nitrogens with one attached hydrogen (secondary N) is 5. The van der Waals surface area contributed by atoms with Gasteiger partial charge in [0.2, 0.25) is 59.3 Å². The minimum atomic E-state index is -1.02. The molecule has 23 nitrogen and oxygen atoms in total. The van der Waals surface area contributed by atoms with Crippen LogP contribution in [0.5, 0.6) is 0 Å². The number of aromatic nitrogens is 10. The molecule has 3 fully saturated rings. The molecular weight excluding hydrogens is 1490 g/mol. The lowest BCUT2D eigenvalue weighted by molar-refractivity contribution is -0.121. The highest BCUT2D eigenvalue weighted by Crippen LogP contribution is 2.42. The number of hydrogen-bond acceptors (Lipinski definition) is 11. The zero-order valence-electron chi connectivity index (χ0n) is 70.9. The van der Waals surface area contributed by atoms with E-state index in [1.54, 1.807) is 83.6 Å². The smallest absolute Gasteiger partial charge is 0.229 e. The van der Waals surface area contributed by atoms with Crippen LogP contribution in [0.2, 0.25) is 0 Å². The summed E-state index contributed by atoms with van der Waals surface area (Å²) in [4.78, 5) is 91.5. The van der Waals surface area contributed by atoms with Crippen LogP contribution >= 0.6 is 0 Å². The molecule has 3 saturated carbocycles. The number of aryl methyl sites for hydroxylation is 3. The Morgan fingerprint density at radius 3 is 0.983 bits per heavy atom. The van der Waals surface area contributed by atoms with Crippen molar-refractivity contribution < 1.29 is 37.9 Å². The largest absolute Gasteiger partial charge is 0.390 e. The van der Waals surface area contributed by atoms with E-state index in [0.29, 0.717) is 111 Å². The topological polar surface area (TPSA) is 264 Å². The van der Waals surface area contributed by atoms with Crippen molar-refractivity contribution in [1.82, 2.24) is 47.8 Å². The average molecular weight is 1600 g/mol. The minimum absolute atomic E-state index is 0.0172. The Morgan fingerprint density at radius 2 is 0.686 bits per heavy atom. The van der Waals surface area contributed by atoms with E-state index in [-0.39, 0.29) is 76.2 Å². The first-order chi connectivity index (χ1) is 55.8. The van der Waals surface area contributed by atoms with Gasteiger partial charge in [-0.15, -0.1) is 0 Å². The van der Waals surface area contributed by atoms with Crippen molar-refractivity contribution in [3.05, 3.63) is 191 Å². The van der Waals surface area contributed by atoms with Gasteiger partial charge in [0.1, 0.15) is 11.6 Å².